The summed E-state index contributed by atoms with van der Waals surface area (Å²) in [6.07, 6.45) is 4.29. The molecule has 0 unspecified atom stereocenters. The van der Waals surface area contributed by atoms with Gasteiger partial charge in [0, 0.05) is 11.9 Å². The van der Waals surface area contributed by atoms with Crippen LogP contribution in [0.1, 0.15) is 18.2 Å². The monoisotopic (exact) mass is 133 g/mol. The first-order chi connectivity index (χ1) is 4.86. The lowest BCUT2D eigenvalue weighted by molar-refractivity contribution is 0.623. The van der Waals surface area contributed by atoms with Gasteiger partial charge in [-0.2, -0.15) is 0 Å². The molecule has 0 aliphatic heterocycles. The Kier molecular flexibility index (Phi) is 1.23. The molecule has 1 aliphatic rings. The van der Waals surface area contributed by atoms with E-state index in [0.29, 0.717) is 0 Å². The molecule has 0 spiro atoms. The van der Waals surface area contributed by atoms with Crippen molar-refractivity contribution >= 4 is 0 Å². The summed E-state index contributed by atoms with van der Waals surface area (Å²) in [5.74, 6) is 0.810. The summed E-state index contributed by atoms with van der Waals surface area (Å²) in [4.78, 5) is 4.31. The fourth-order valence-electron chi connectivity index (χ4n) is 1.62. The number of hydrogen-bond donors (Lipinski definition) is 0. The maximum Gasteiger partial charge on any atom is 0.0438 e. The van der Waals surface area contributed by atoms with Crippen LogP contribution in [0, 0.1) is 5.92 Å². The average Bonchev–Trinajstić information content (AvgIpc) is 2.27. The minimum Gasteiger partial charge on any atom is -0.261 e. The Hall–Kier alpha value is -0.850. The Bertz CT molecular complexity index is 217. The van der Waals surface area contributed by atoms with Gasteiger partial charge in [0.05, 0.1) is 0 Å². The maximum atomic E-state index is 4.31. The van der Waals surface area contributed by atoms with E-state index in [9.17, 15) is 0 Å². The zero-order chi connectivity index (χ0) is 6.97. The van der Waals surface area contributed by atoms with Gasteiger partial charge in [-0.3, -0.25) is 4.98 Å². The summed E-state index contributed by atoms with van der Waals surface area (Å²) >= 11 is 0. The van der Waals surface area contributed by atoms with Crippen LogP contribution in [0.5, 0.6) is 0 Å². The van der Waals surface area contributed by atoms with Crippen LogP contribution >= 0.6 is 0 Å². The van der Waals surface area contributed by atoms with E-state index in [2.05, 4.69) is 18.0 Å². The van der Waals surface area contributed by atoms with Crippen molar-refractivity contribution in [2.75, 3.05) is 0 Å². The molecule has 1 atom stereocenters. The highest BCUT2D eigenvalue weighted by Gasteiger charge is 2.17. The van der Waals surface area contributed by atoms with Crippen molar-refractivity contribution in [3.63, 3.8) is 0 Å². The van der Waals surface area contributed by atoms with Crippen molar-refractivity contribution in [2.45, 2.75) is 19.8 Å². The molecule has 10 heavy (non-hydrogen) atoms. The lowest BCUT2D eigenvalue weighted by atomic mass is 10.1. The highest BCUT2D eigenvalue weighted by Crippen LogP contribution is 2.23. The van der Waals surface area contributed by atoms with E-state index in [4.69, 9.17) is 0 Å². The fourth-order valence-corrected chi connectivity index (χ4v) is 1.62. The smallest absolute Gasteiger partial charge is 0.0438 e. The van der Waals surface area contributed by atoms with Crippen molar-refractivity contribution < 1.29 is 0 Å². The zero-order valence-electron chi connectivity index (χ0n) is 6.17. The quantitative estimate of drug-likeness (QED) is 0.526. The van der Waals surface area contributed by atoms with E-state index < -0.39 is 0 Å². The normalized spacial score (nSPS) is 22.7. The van der Waals surface area contributed by atoms with Gasteiger partial charge in [0.15, 0.2) is 0 Å². The summed E-state index contributed by atoms with van der Waals surface area (Å²) in [6.45, 7) is 2.28. The van der Waals surface area contributed by atoms with Crippen LogP contribution in [-0.2, 0) is 12.8 Å². The van der Waals surface area contributed by atoms with Gasteiger partial charge in [0.25, 0.3) is 0 Å². The molecule has 1 aliphatic carbocycles. The summed E-state index contributed by atoms with van der Waals surface area (Å²) in [7, 11) is 0. The van der Waals surface area contributed by atoms with Gasteiger partial charge in [0.2, 0.25) is 0 Å². The van der Waals surface area contributed by atoms with E-state index in [1.54, 1.807) is 0 Å². The molecule has 0 bridgehead atoms. The third-order valence-electron chi connectivity index (χ3n) is 2.09. The van der Waals surface area contributed by atoms with Crippen molar-refractivity contribution in [3.05, 3.63) is 29.6 Å². The lowest BCUT2D eigenvalue weighted by Crippen LogP contribution is -1.90. The average molecular weight is 133 g/mol. The molecule has 0 saturated carbocycles. The van der Waals surface area contributed by atoms with Gasteiger partial charge < -0.3 is 0 Å². The van der Waals surface area contributed by atoms with Crippen LogP contribution in [0.4, 0.5) is 0 Å². The van der Waals surface area contributed by atoms with Crippen molar-refractivity contribution in [1.29, 1.82) is 0 Å². The third kappa shape index (κ3) is 0.821. The summed E-state index contributed by atoms with van der Waals surface area (Å²) < 4.78 is 0. The van der Waals surface area contributed by atoms with E-state index in [0.717, 1.165) is 5.92 Å². The molecule has 0 fully saturated rings. The summed E-state index contributed by atoms with van der Waals surface area (Å²) in [5, 5.41) is 0. The van der Waals surface area contributed by atoms with Crippen LogP contribution in [0.25, 0.3) is 0 Å². The van der Waals surface area contributed by atoms with Gasteiger partial charge >= 0.3 is 0 Å². The lowest BCUT2D eigenvalue weighted by Gasteiger charge is -1.92. The van der Waals surface area contributed by atoms with E-state index >= 15 is 0 Å². The molecular weight excluding hydrogens is 122 g/mol. The first-order valence-electron chi connectivity index (χ1n) is 3.79. The van der Waals surface area contributed by atoms with Gasteiger partial charge in [-0.15, -0.1) is 0 Å². The number of pyridine rings is 1. The topological polar surface area (TPSA) is 12.9 Å². The van der Waals surface area contributed by atoms with Gasteiger partial charge in [-0.25, -0.2) is 0 Å². The van der Waals surface area contributed by atoms with Crippen molar-refractivity contribution in [1.82, 2.24) is 4.98 Å². The zero-order valence-corrected chi connectivity index (χ0v) is 6.17. The molecule has 0 saturated heterocycles. The van der Waals surface area contributed by atoms with Gasteiger partial charge in [0.1, 0.15) is 0 Å². The predicted octanol–water partition coefficient (Wildman–Crippen LogP) is 1.82. The molecule has 0 aromatic carbocycles. The number of nitrogens with zero attached hydrogens (tertiary/aromatic N) is 1. The first-order valence-corrected chi connectivity index (χ1v) is 3.79. The van der Waals surface area contributed by atoms with Crippen LogP contribution in [0.2, 0.25) is 0 Å². The van der Waals surface area contributed by atoms with Crippen LogP contribution in [-0.4, -0.2) is 4.98 Å². The second-order valence-electron chi connectivity index (χ2n) is 3.12. The highest BCUT2D eigenvalue weighted by molar-refractivity contribution is 5.25. The molecule has 2 rings (SSSR count). The van der Waals surface area contributed by atoms with E-state index in [1.807, 2.05) is 12.3 Å². The molecule has 1 aromatic heterocycles. The van der Waals surface area contributed by atoms with Crippen LogP contribution < -0.4 is 0 Å². The SMILES string of the molecule is C[C@@H]1Cc2cccnc2C1. The second-order valence-corrected chi connectivity index (χ2v) is 3.12. The Morgan fingerprint density at radius 2 is 2.40 bits per heavy atom. The van der Waals surface area contributed by atoms with Crippen molar-refractivity contribution in [3.8, 4) is 0 Å². The predicted molar refractivity (Wildman–Crippen MR) is 40.8 cm³/mol. The standard InChI is InChI=1S/C9H11N/c1-7-5-8-3-2-4-10-9(8)6-7/h2-4,7H,5-6H2,1H3/t7-/m1/s1. The first kappa shape index (κ1) is 5.90. The van der Waals surface area contributed by atoms with Crippen LogP contribution in [0.15, 0.2) is 18.3 Å². The molecule has 1 heterocycles. The molecule has 0 amide bonds. The Labute approximate surface area is 61.1 Å². The molecule has 1 heteroatoms. The fraction of sp³-hybridized carbons (Fsp3) is 0.444. The number of fused-ring (bicyclic) bond motifs is 1. The largest absolute Gasteiger partial charge is 0.261 e. The number of rotatable bonds is 0. The highest BCUT2D eigenvalue weighted by atomic mass is 14.7. The molecule has 0 N–H and O–H groups in total. The van der Waals surface area contributed by atoms with Gasteiger partial charge in [-0.1, -0.05) is 13.0 Å². The Morgan fingerprint density at radius 3 is 3.20 bits per heavy atom. The number of hydrogen-bond acceptors (Lipinski definition) is 1. The van der Waals surface area contributed by atoms with Gasteiger partial charge in [-0.05, 0) is 30.4 Å². The molecule has 1 nitrogen and oxygen atoms in total. The van der Waals surface area contributed by atoms with E-state index in [1.165, 1.54) is 24.1 Å². The Balaban J connectivity index is 2.42. The molecular formula is C9H11N. The maximum absolute atomic E-state index is 4.31. The third-order valence-corrected chi connectivity index (χ3v) is 2.09. The molecule has 1 aromatic rings. The van der Waals surface area contributed by atoms with Crippen molar-refractivity contribution in [2.24, 2.45) is 5.92 Å². The number of aromatic nitrogens is 1. The van der Waals surface area contributed by atoms with Crippen LogP contribution in [0.3, 0.4) is 0 Å². The summed E-state index contributed by atoms with van der Waals surface area (Å²) in [5.41, 5.74) is 2.77. The second kappa shape index (κ2) is 2.08. The molecule has 0 radical (unpaired) electrons. The Morgan fingerprint density at radius 1 is 1.50 bits per heavy atom. The van der Waals surface area contributed by atoms with E-state index in [-0.39, 0.29) is 0 Å². The minimum absolute atomic E-state index is 0.810. The summed E-state index contributed by atoms with van der Waals surface area (Å²) in [6, 6.07) is 4.21. The minimum atomic E-state index is 0.810. The molecule has 52 valence electrons.